The number of halogens is 2. The highest BCUT2D eigenvalue weighted by Gasteiger charge is 2.15. The molecular formula is C15H12F2O2. The number of aryl methyl sites for hydroxylation is 2. The van der Waals surface area contributed by atoms with E-state index in [4.69, 9.17) is 5.11 Å². The minimum atomic E-state index is -1.22. The molecule has 2 rings (SSSR count). The number of aromatic carboxylic acids is 1. The van der Waals surface area contributed by atoms with Crippen LogP contribution < -0.4 is 0 Å². The first-order valence-electron chi connectivity index (χ1n) is 5.70. The minimum Gasteiger partial charge on any atom is -0.478 e. The molecule has 0 fully saturated rings. The largest absolute Gasteiger partial charge is 0.478 e. The first-order chi connectivity index (χ1) is 8.90. The lowest BCUT2D eigenvalue weighted by atomic mass is 9.96. The van der Waals surface area contributed by atoms with Crippen molar-refractivity contribution in [3.63, 3.8) is 0 Å². The van der Waals surface area contributed by atoms with Crippen LogP contribution >= 0.6 is 0 Å². The summed E-state index contributed by atoms with van der Waals surface area (Å²) in [7, 11) is 0. The van der Waals surface area contributed by atoms with Crippen molar-refractivity contribution >= 4 is 5.97 Å². The van der Waals surface area contributed by atoms with Crippen LogP contribution in [-0.4, -0.2) is 11.1 Å². The highest BCUT2D eigenvalue weighted by molar-refractivity contribution is 5.88. The highest BCUT2D eigenvalue weighted by atomic mass is 19.1. The van der Waals surface area contributed by atoms with Crippen molar-refractivity contribution in [2.24, 2.45) is 0 Å². The van der Waals surface area contributed by atoms with Crippen molar-refractivity contribution in [1.82, 2.24) is 0 Å². The third-order valence-corrected chi connectivity index (χ3v) is 2.92. The van der Waals surface area contributed by atoms with Gasteiger partial charge >= 0.3 is 5.97 Å². The van der Waals surface area contributed by atoms with Gasteiger partial charge in [0.2, 0.25) is 0 Å². The van der Waals surface area contributed by atoms with E-state index >= 15 is 0 Å². The highest BCUT2D eigenvalue weighted by Crippen LogP contribution is 2.30. The molecule has 98 valence electrons. The number of carboxylic acids is 1. The average molecular weight is 262 g/mol. The van der Waals surface area contributed by atoms with Gasteiger partial charge in [-0.15, -0.1) is 0 Å². The van der Waals surface area contributed by atoms with Crippen LogP contribution in [0.25, 0.3) is 11.1 Å². The first kappa shape index (κ1) is 13.2. The summed E-state index contributed by atoms with van der Waals surface area (Å²) in [6.07, 6.45) is 0. The van der Waals surface area contributed by atoms with Crippen molar-refractivity contribution in [3.05, 3.63) is 58.7 Å². The van der Waals surface area contributed by atoms with E-state index in [1.165, 1.54) is 18.2 Å². The van der Waals surface area contributed by atoms with Crippen molar-refractivity contribution in [2.75, 3.05) is 0 Å². The molecule has 0 aromatic heterocycles. The SMILES string of the molecule is Cc1cc(C)c(-c2ccc(C(=O)O)cc2F)c(F)c1. The summed E-state index contributed by atoms with van der Waals surface area (Å²) in [6.45, 7) is 3.44. The lowest BCUT2D eigenvalue weighted by molar-refractivity contribution is 0.0696. The molecule has 0 radical (unpaired) electrons. The Hall–Kier alpha value is -2.23. The molecule has 1 N–H and O–H groups in total. The van der Waals surface area contributed by atoms with Crippen LogP contribution in [0, 0.1) is 25.5 Å². The Morgan fingerprint density at radius 1 is 1.05 bits per heavy atom. The Bertz CT molecular complexity index is 640. The summed E-state index contributed by atoms with van der Waals surface area (Å²) in [5, 5.41) is 8.78. The second kappa shape index (κ2) is 4.80. The quantitative estimate of drug-likeness (QED) is 0.889. The fraction of sp³-hybridized carbons (Fsp3) is 0.133. The third-order valence-electron chi connectivity index (χ3n) is 2.92. The summed E-state index contributed by atoms with van der Waals surface area (Å²) in [4.78, 5) is 10.7. The van der Waals surface area contributed by atoms with Crippen LogP contribution in [0.15, 0.2) is 30.3 Å². The summed E-state index contributed by atoms with van der Waals surface area (Å²) < 4.78 is 27.9. The molecule has 0 bridgehead atoms. The van der Waals surface area contributed by atoms with Gasteiger partial charge in [0.05, 0.1) is 5.56 Å². The molecule has 0 spiro atoms. The Labute approximate surface area is 109 Å². The smallest absolute Gasteiger partial charge is 0.335 e. The lowest BCUT2D eigenvalue weighted by Gasteiger charge is -2.10. The number of hydrogen-bond donors (Lipinski definition) is 1. The number of rotatable bonds is 2. The monoisotopic (exact) mass is 262 g/mol. The molecule has 0 amide bonds. The maximum Gasteiger partial charge on any atom is 0.335 e. The zero-order chi connectivity index (χ0) is 14.2. The summed E-state index contributed by atoms with van der Waals surface area (Å²) in [5.41, 5.74) is 1.44. The van der Waals surface area contributed by atoms with Crippen LogP contribution in [0.3, 0.4) is 0 Å². The lowest BCUT2D eigenvalue weighted by Crippen LogP contribution is -1.99. The fourth-order valence-corrected chi connectivity index (χ4v) is 2.11. The van der Waals surface area contributed by atoms with E-state index in [2.05, 4.69) is 0 Å². The van der Waals surface area contributed by atoms with E-state index in [0.717, 1.165) is 11.6 Å². The standard InChI is InChI=1S/C15H12F2O2/c1-8-5-9(2)14(13(17)6-8)11-4-3-10(15(18)19)7-12(11)16/h3-7H,1-2H3,(H,18,19). The minimum absolute atomic E-state index is 0.0694. The zero-order valence-corrected chi connectivity index (χ0v) is 10.5. The molecule has 0 saturated carbocycles. The first-order valence-corrected chi connectivity index (χ1v) is 5.70. The molecule has 19 heavy (non-hydrogen) atoms. The predicted octanol–water partition coefficient (Wildman–Crippen LogP) is 3.95. The van der Waals surface area contributed by atoms with Crippen LogP contribution in [0.2, 0.25) is 0 Å². The maximum atomic E-state index is 14.0. The number of carboxylic acid groups (broad SMARTS) is 1. The normalized spacial score (nSPS) is 10.5. The molecule has 0 unspecified atom stereocenters. The Morgan fingerprint density at radius 3 is 2.26 bits per heavy atom. The van der Waals surface area contributed by atoms with Crippen molar-refractivity contribution < 1.29 is 18.7 Å². The van der Waals surface area contributed by atoms with Crippen molar-refractivity contribution in [1.29, 1.82) is 0 Å². The van der Waals surface area contributed by atoms with Gasteiger partial charge in [0.15, 0.2) is 0 Å². The van der Waals surface area contributed by atoms with Gasteiger partial charge < -0.3 is 5.11 Å². The summed E-state index contributed by atoms with van der Waals surface area (Å²) in [6, 6.07) is 6.53. The Kier molecular flexibility index (Phi) is 3.34. The predicted molar refractivity (Wildman–Crippen MR) is 68.2 cm³/mol. The van der Waals surface area contributed by atoms with Crippen LogP contribution in [0.5, 0.6) is 0 Å². The molecule has 0 aliphatic carbocycles. The summed E-state index contributed by atoms with van der Waals surface area (Å²) >= 11 is 0. The number of carbonyl (C=O) groups is 1. The van der Waals surface area contributed by atoms with E-state index in [1.54, 1.807) is 19.9 Å². The second-order valence-corrected chi connectivity index (χ2v) is 4.44. The van der Waals surface area contributed by atoms with Gasteiger partial charge in [0, 0.05) is 11.1 Å². The molecular weight excluding hydrogens is 250 g/mol. The van der Waals surface area contributed by atoms with Crippen molar-refractivity contribution in [3.8, 4) is 11.1 Å². The van der Waals surface area contributed by atoms with Crippen LogP contribution in [0.1, 0.15) is 21.5 Å². The molecule has 0 aliphatic heterocycles. The van der Waals surface area contributed by atoms with E-state index < -0.39 is 17.6 Å². The molecule has 2 aromatic carbocycles. The van der Waals surface area contributed by atoms with E-state index in [9.17, 15) is 13.6 Å². The molecule has 2 aromatic rings. The van der Waals surface area contributed by atoms with E-state index in [-0.39, 0.29) is 16.7 Å². The average Bonchev–Trinajstić information content (AvgIpc) is 2.29. The van der Waals surface area contributed by atoms with Crippen molar-refractivity contribution in [2.45, 2.75) is 13.8 Å². The van der Waals surface area contributed by atoms with Gasteiger partial charge in [-0.3, -0.25) is 0 Å². The third kappa shape index (κ3) is 2.47. The van der Waals surface area contributed by atoms with E-state index in [1.807, 2.05) is 0 Å². The molecule has 4 heteroatoms. The van der Waals surface area contributed by atoms with Gasteiger partial charge in [-0.25, -0.2) is 13.6 Å². The Morgan fingerprint density at radius 2 is 1.74 bits per heavy atom. The maximum absolute atomic E-state index is 14.0. The number of benzene rings is 2. The molecule has 0 saturated heterocycles. The molecule has 0 aliphatic rings. The topological polar surface area (TPSA) is 37.3 Å². The molecule has 0 heterocycles. The van der Waals surface area contributed by atoms with Crippen LogP contribution in [0.4, 0.5) is 8.78 Å². The molecule has 2 nitrogen and oxygen atoms in total. The number of hydrogen-bond acceptors (Lipinski definition) is 1. The van der Waals surface area contributed by atoms with Gasteiger partial charge in [0.1, 0.15) is 11.6 Å². The van der Waals surface area contributed by atoms with E-state index in [0.29, 0.717) is 5.56 Å². The van der Waals surface area contributed by atoms with Gasteiger partial charge in [-0.1, -0.05) is 12.1 Å². The van der Waals surface area contributed by atoms with Gasteiger partial charge in [0.25, 0.3) is 0 Å². The van der Waals surface area contributed by atoms with Crippen LogP contribution in [-0.2, 0) is 0 Å². The Balaban J connectivity index is 2.63. The molecule has 0 atom stereocenters. The zero-order valence-electron chi connectivity index (χ0n) is 10.5. The second-order valence-electron chi connectivity index (χ2n) is 4.44. The summed E-state index contributed by atoms with van der Waals surface area (Å²) in [5.74, 6) is -2.48. The fourth-order valence-electron chi connectivity index (χ4n) is 2.11. The van der Waals surface area contributed by atoms with Gasteiger partial charge in [-0.2, -0.15) is 0 Å². The van der Waals surface area contributed by atoms with Gasteiger partial charge in [-0.05, 0) is 43.2 Å².